The van der Waals surface area contributed by atoms with E-state index in [0.717, 1.165) is 28.7 Å². The molecule has 118 valence electrons. The first-order chi connectivity index (χ1) is 10.4. The lowest BCUT2D eigenvalue weighted by Crippen LogP contribution is -2.44. The second kappa shape index (κ2) is 6.64. The molecule has 2 aromatic rings. The Morgan fingerprint density at radius 1 is 1.32 bits per heavy atom. The third-order valence-electron chi connectivity index (χ3n) is 3.66. The lowest BCUT2D eigenvalue weighted by molar-refractivity contribution is -0.134. The van der Waals surface area contributed by atoms with E-state index < -0.39 is 6.04 Å². The predicted octanol–water partition coefficient (Wildman–Crippen LogP) is 2.48. The van der Waals surface area contributed by atoms with Gasteiger partial charge in [0.2, 0.25) is 11.8 Å². The van der Waals surface area contributed by atoms with Crippen LogP contribution in [0.15, 0.2) is 28.7 Å². The molecule has 0 spiro atoms. The summed E-state index contributed by atoms with van der Waals surface area (Å²) in [5, 5.41) is 3.65. The van der Waals surface area contributed by atoms with Crippen molar-refractivity contribution in [3.63, 3.8) is 0 Å². The highest BCUT2D eigenvalue weighted by atomic mass is 16.3. The first-order valence-corrected chi connectivity index (χ1v) is 7.45. The van der Waals surface area contributed by atoms with Crippen molar-refractivity contribution in [3.8, 4) is 0 Å². The average Bonchev–Trinajstić information content (AvgIpc) is 2.83. The topological polar surface area (TPSA) is 62.6 Å². The van der Waals surface area contributed by atoms with E-state index in [-0.39, 0.29) is 11.8 Å². The molecule has 0 aliphatic carbocycles. The predicted molar refractivity (Wildman–Crippen MR) is 85.3 cm³/mol. The van der Waals surface area contributed by atoms with Crippen molar-refractivity contribution in [2.24, 2.45) is 0 Å². The summed E-state index contributed by atoms with van der Waals surface area (Å²) in [5.41, 5.74) is 1.87. The quantitative estimate of drug-likeness (QED) is 0.923. The average molecular weight is 302 g/mol. The molecule has 1 aromatic heterocycles. The molecular weight excluding hydrogens is 280 g/mol. The maximum Gasteiger partial charge on any atom is 0.244 e. The fraction of sp³-hybridized carbons (Fsp3) is 0.412. The smallest absolute Gasteiger partial charge is 0.244 e. The van der Waals surface area contributed by atoms with Crippen LogP contribution >= 0.6 is 0 Å². The first kappa shape index (κ1) is 16.1. The maximum absolute atomic E-state index is 12.3. The molecule has 5 heteroatoms. The normalized spacial score (nSPS) is 12.2. The maximum atomic E-state index is 12.3. The van der Waals surface area contributed by atoms with Gasteiger partial charge in [0.1, 0.15) is 17.4 Å². The molecule has 1 aromatic carbocycles. The van der Waals surface area contributed by atoms with E-state index in [1.54, 1.807) is 18.9 Å². The van der Waals surface area contributed by atoms with E-state index in [0.29, 0.717) is 6.54 Å². The van der Waals surface area contributed by atoms with Gasteiger partial charge in [0.15, 0.2) is 0 Å². The molecule has 2 amide bonds. The zero-order chi connectivity index (χ0) is 16.3. The van der Waals surface area contributed by atoms with Crippen molar-refractivity contribution < 1.29 is 14.0 Å². The molecule has 2 rings (SSSR count). The number of fused-ring (bicyclic) bond motifs is 1. The van der Waals surface area contributed by atoms with Crippen LogP contribution in [0.1, 0.15) is 32.1 Å². The zero-order valence-corrected chi connectivity index (χ0v) is 13.5. The monoisotopic (exact) mass is 302 g/mol. The molecule has 0 radical (unpaired) electrons. The second-order valence-corrected chi connectivity index (χ2v) is 5.47. The highest BCUT2D eigenvalue weighted by Crippen LogP contribution is 2.27. The van der Waals surface area contributed by atoms with Crippen LogP contribution < -0.4 is 5.32 Å². The van der Waals surface area contributed by atoms with Crippen LogP contribution in [0.4, 0.5) is 0 Å². The van der Waals surface area contributed by atoms with Crippen molar-refractivity contribution >= 4 is 22.8 Å². The summed E-state index contributed by atoms with van der Waals surface area (Å²) in [7, 11) is 1.74. The lowest BCUT2D eigenvalue weighted by atomic mass is 10.1. The Morgan fingerprint density at radius 3 is 2.64 bits per heavy atom. The number of para-hydroxylation sites is 1. The number of rotatable bonds is 5. The van der Waals surface area contributed by atoms with Crippen molar-refractivity contribution in [1.82, 2.24) is 10.2 Å². The van der Waals surface area contributed by atoms with Gasteiger partial charge in [-0.3, -0.25) is 9.59 Å². The Bertz CT molecular complexity index is 690. The van der Waals surface area contributed by atoms with E-state index in [9.17, 15) is 9.59 Å². The third-order valence-corrected chi connectivity index (χ3v) is 3.66. The van der Waals surface area contributed by atoms with E-state index in [1.807, 2.05) is 31.2 Å². The molecule has 0 saturated carbocycles. The van der Waals surface area contributed by atoms with Gasteiger partial charge in [-0.2, -0.15) is 0 Å². The number of hydrogen-bond acceptors (Lipinski definition) is 3. The molecular formula is C17H22N2O3. The summed E-state index contributed by atoms with van der Waals surface area (Å²) in [5.74, 6) is 0.563. The van der Waals surface area contributed by atoms with Crippen molar-refractivity contribution in [2.45, 2.75) is 39.8 Å². The van der Waals surface area contributed by atoms with Gasteiger partial charge >= 0.3 is 0 Å². The SMILES string of the molecule is CCc1oc2ccccc2c1CN(C)C(=O)C(C)NC(C)=O. The van der Waals surface area contributed by atoms with E-state index >= 15 is 0 Å². The first-order valence-electron chi connectivity index (χ1n) is 7.45. The number of nitrogens with one attached hydrogen (secondary N) is 1. The number of furan rings is 1. The molecule has 1 heterocycles. The van der Waals surface area contributed by atoms with Crippen molar-refractivity contribution in [2.75, 3.05) is 7.05 Å². The van der Waals surface area contributed by atoms with Gasteiger partial charge in [-0.1, -0.05) is 25.1 Å². The van der Waals surface area contributed by atoms with Gasteiger partial charge in [-0.15, -0.1) is 0 Å². The number of likely N-dealkylation sites (N-methyl/N-ethyl adjacent to an activating group) is 1. The van der Waals surface area contributed by atoms with Gasteiger partial charge in [0.25, 0.3) is 0 Å². The summed E-state index contributed by atoms with van der Waals surface area (Å²) in [6.07, 6.45) is 0.771. The van der Waals surface area contributed by atoms with Crippen molar-refractivity contribution in [1.29, 1.82) is 0 Å². The Kier molecular flexibility index (Phi) is 4.85. The van der Waals surface area contributed by atoms with E-state index in [1.165, 1.54) is 6.92 Å². The fourth-order valence-electron chi connectivity index (χ4n) is 2.62. The molecule has 1 atom stereocenters. The van der Waals surface area contributed by atoms with Crippen LogP contribution in [0.3, 0.4) is 0 Å². The van der Waals surface area contributed by atoms with Crippen LogP contribution in [0.5, 0.6) is 0 Å². The van der Waals surface area contributed by atoms with Crippen LogP contribution in [0.2, 0.25) is 0 Å². The van der Waals surface area contributed by atoms with E-state index in [4.69, 9.17) is 4.42 Å². The zero-order valence-electron chi connectivity index (χ0n) is 13.5. The minimum Gasteiger partial charge on any atom is -0.461 e. The van der Waals surface area contributed by atoms with Crippen LogP contribution in [-0.4, -0.2) is 29.8 Å². The summed E-state index contributed by atoms with van der Waals surface area (Å²) < 4.78 is 5.85. The molecule has 1 N–H and O–H groups in total. The number of carbonyl (C=O) groups excluding carboxylic acids is 2. The molecule has 5 nitrogen and oxygen atoms in total. The van der Waals surface area contributed by atoms with Crippen LogP contribution in [0.25, 0.3) is 11.0 Å². The number of carbonyl (C=O) groups is 2. The second-order valence-electron chi connectivity index (χ2n) is 5.47. The van der Waals surface area contributed by atoms with Gasteiger partial charge in [0, 0.05) is 37.9 Å². The molecule has 22 heavy (non-hydrogen) atoms. The summed E-state index contributed by atoms with van der Waals surface area (Å²) in [4.78, 5) is 25.0. The highest BCUT2D eigenvalue weighted by Gasteiger charge is 2.21. The fourth-order valence-corrected chi connectivity index (χ4v) is 2.62. The van der Waals surface area contributed by atoms with Gasteiger partial charge < -0.3 is 14.6 Å². The molecule has 0 aliphatic heterocycles. The largest absolute Gasteiger partial charge is 0.461 e. The van der Waals surface area contributed by atoms with Gasteiger partial charge in [-0.25, -0.2) is 0 Å². The standard InChI is InChI=1S/C17H22N2O3/c1-5-15-14(13-8-6-7-9-16(13)22-15)10-19(4)17(21)11(2)18-12(3)20/h6-9,11H,5,10H2,1-4H3,(H,18,20). The molecule has 0 fully saturated rings. The minimum absolute atomic E-state index is 0.123. The minimum atomic E-state index is -0.536. The van der Waals surface area contributed by atoms with E-state index in [2.05, 4.69) is 5.32 Å². The lowest BCUT2D eigenvalue weighted by Gasteiger charge is -2.21. The number of amides is 2. The third kappa shape index (κ3) is 3.30. The van der Waals surface area contributed by atoms with Crippen molar-refractivity contribution in [3.05, 3.63) is 35.6 Å². The number of aryl methyl sites for hydroxylation is 1. The Hall–Kier alpha value is -2.30. The number of hydrogen-bond donors (Lipinski definition) is 1. The molecule has 0 aliphatic rings. The Balaban J connectivity index is 2.22. The molecule has 0 bridgehead atoms. The van der Waals surface area contributed by atoms with Crippen LogP contribution in [0, 0.1) is 0 Å². The van der Waals surface area contributed by atoms with Gasteiger partial charge in [0.05, 0.1) is 0 Å². The number of nitrogens with zero attached hydrogens (tertiary/aromatic N) is 1. The molecule has 1 unspecified atom stereocenters. The van der Waals surface area contributed by atoms with Gasteiger partial charge in [-0.05, 0) is 13.0 Å². The summed E-state index contributed by atoms with van der Waals surface area (Å²) in [6.45, 7) is 5.59. The summed E-state index contributed by atoms with van der Waals surface area (Å²) in [6, 6.07) is 7.29. The summed E-state index contributed by atoms with van der Waals surface area (Å²) >= 11 is 0. The Morgan fingerprint density at radius 2 is 2.00 bits per heavy atom. The Labute approximate surface area is 130 Å². The number of benzene rings is 1. The highest BCUT2D eigenvalue weighted by molar-refractivity contribution is 5.87. The molecule has 0 saturated heterocycles. The van der Waals surface area contributed by atoms with Crippen LogP contribution in [-0.2, 0) is 22.6 Å².